The minimum atomic E-state index is -5.84. The lowest BCUT2D eigenvalue weighted by molar-refractivity contribution is -0.172. The van der Waals surface area contributed by atoms with Crippen molar-refractivity contribution in [2.45, 2.75) is 56.4 Å². The quantitative estimate of drug-likeness (QED) is 0.574. The summed E-state index contributed by atoms with van der Waals surface area (Å²) >= 11 is 0. The minimum absolute atomic E-state index is 0.482. The zero-order chi connectivity index (χ0) is 17.8. The maximum absolute atomic E-state index is 13.4. The van der Waals surface area contributed by atoms with Gasteiger partial charge in [-0.3, -0.25) is 9.35 Å². The fourth-order valence-electron chi connectivity index (χ4n) is 5.10. The van der Waals surface area contributed by atoms with E-state index in [1.165, 1.54) is 0 Å². The molecule has 4 saturated carbocycles. The summed E-state index contributed by atoms with van der Waals surface area (Å²) in [5.41, 5.74) is -0.577. The molecule has 4 aliphatic rings. The molecule has 0 aromatic rings. The van der Waals surface area contributed by atoms with Gasteiger partial charge in [-0.1, -0.05) is 0 Å². The van der Waals surface area contributed by atoms with Crippen LogP contribution in [-0.2, 0) is 19.6 Å². The predicted molar refractivity (Wildman–Crippen MR) is 77.6 cm³/mol. The maximum atomic E-state index is 13.4. The Hall–Kier alpha value is -0.830. The fraction of sp³-hybridized carbons (Fsp3) is 0.933. The van der Waals surface area contributed by atoms with Gasteiger partial charge in [0.2, 0.25) is 0 Å². The van der Waals surface area contributed by atoms with E-state index in [0.29, 0.717) is 17.8 Å². The molecule has 9 heteroatoms. The SMILES string of the molecule is O=C(OCCC(F)C(F)(F)S(=O)(=O)O)C12CC3CC(CC(C3)C1)C2. The number of carbonyl (C=O) groups excluding carboxylic acids is 1. The van der Waals surface area contributed by atoms with Crippen molar-refractivity contribution in [3.05, 3.63) is 0 Å². The second-order valence-electron chi connectivity index (χ2n) is 7.63. The first-order valence-corrected chi connectivity index (χ1v) is 9.64. The normalized spacial score (nSPS) is 36.6. The van der Waals surface area contributed by atoms with Crippen LogP contribution >= 0.6 is 0 Å². The molecule has 0 aliphatic heterocycles. The first kappa shape index (κ1) is 18.0. The third kappa shape index (κ3) is 3.05. The van der Waals surface area contributed by atoms with E-state index in [1.807, 2.05) is 0 Å². The van der Waals surface area contributed by atoms with Crippen molar-refractivity contribution in [1.82, 2.24) is 0 Å². The Morgan fingerprint density at radius 3 is 2.04 bits per heavy atom. The van der Waals surface area contributed by atoms with E-state index in [-0.39, 0.29) is 0 Å². The van der Waals surface area contributed by atoms with Gasteiger partial charge in [0.25, 0.3) is 0 Å². The molecule has 138 valence electrons. The average molecular weight is 370 g/mol. The Morgan fingerprint density at radius 2 is 1.62 bits per heavy atom. The van der Waals surface area contributed by atoms with Crippen molar-refractivity contribution in [1.29, 1.82) is 0 Å². The summed E-state index contributed by atoms with van der Waals surface area (Å²) in [6.45, 7) is -0.632. The van der Waals surface area contributed by atoms with Crippen LogP contribution in [0.25, 0.3) is 0 Å². The molecule has 0 amide bonds. The standard InChI is InChI=1S/C15H21F3O5S/c16-12(15(17,18)24(20,21)22)1-2-23-13(19)14-6-9-3-10(7-14)5-11(4-9)8-14/h9-12H,1-8H2,(H,20,21,22). The van der Waals surface area contributed by atoms with E-state index in [4.69, 9.17) is 9.29 Å². The highest BCUT2D eigenvalue weighted by Gasteiger charge is 2.56. The van der Waals surface area contributed by atoms with Gasteiger partial charge in [0.05, 0.1) is 12.0 Å². The molecule has 0 aromatic carbocycles. The van der Waals surface area contributed by atoms with Crippen LogP contribution in [0, 0.1) is 23.2 Å². The van der Waals surface area contributed by atoms with Crippen molar-refractivity contribution >= 4 is 16.1 Å². The molecule has 0 aromatic heterocycles. The number of esters is 1. The van der Waals surface area contributed by atoms with Gasteiger partial charge in [-0.25, -0.2) is 4.39 Å². The molecule has 4 rings (SSSR count). The third-order valence-electron chi connectivity index (χ3n) is 5.78. The van der Waals surface area contributed by atoms with Gasteiger partial charge in [-0.15, -0.1) is 0 Å². The molecule has 0 spiro atoms. The van der Waals surface area contributed by atoms with Gasteiger partial charge in [0, 0.05) is 6.42 Å². The molecule has 4 aliphatic carbocycles. The predicted octanol–water partition coefficient (Wildman–Crippen LogP) is 2.95. The van der Waals surface area contributed by atoms with E-state index < -0.39 is 46.0 Å². The summed E-state index contributed by atoms with van der Waals surface area (Å²) in [4.78, 5) is 12.4. The summed E-state index contributed by atoms with van der Waals surface area (Å²) < 4.78 is 74.0. The molecule has 0 saturated heterocycles. The molecule has 0 radical (unpaired) electrons. The molecule has 24 heavy (non-hydrogen) atoms. The van der Waals surface area contributed by atoms with Crippen LogP contribution in [0.5, 0.6) is 0 Å². The highest BCUT2D eigenvalue weighted by molar-refractivity contribution is 7.86. The van der Waals surface area contributed by atoms with Crippen LogP contribution in [0.4, 0.5) is 13.2 Å². The Labute approximate surface area is 138 Å². The lowest BCUT2D eigenvalue weighted by Crippen LogP contribution is -2.50. The summed E-state index contributed by atoms with van der Waals surface area (Å²) in [6, 6.07) is 0. The van der Waals surface area contributed by atoms with Crippen molar-refractivity contribution < 1.29 is 35.7 Å². The second-order valence-corrected chi connectivity index (χ2v) is 9.12. The van der Waals surface area contributed by atoms with Gasteiger partial charge >= 0.3 is 21.3 Å². The van der Waals surface area contributed by atoms with Crippen molar-refractivity contribution in [2.24, 2.45) is 23.2 Å². The summed E-state index contributed by atoms with van der Waals surface area (Å²) in [5, 5.41) is -4.90. The number of rotatable bonds is 6. The van der Waals surface area contributed by atoms with Gasteiger partial charge in [-0.2, -0.15) is 17.2 Å². The summed E-state index contributed by atoms with van der Waals surface area (Å²) in [5.74, 6) is 1.02. The highest BCUT2D eigenvalue weighted by Crippen LogP contribution is 2.60. The van der Waals surface area contributed by atoms with Crippen LogP contribution in [0.1, 0.15) is 44.9 Å². The molecule has 1 N–H and O–H groups in total. The molecular weight excluding hydrogens is 349 g/mol. The zero-order valence-corrected chi connectivity index (χ0v) is 13.9. The molecule has 4 bridgehead atoms. The fourth-order valence-corrected chi connectivity index (χ4v) is 5.54. The number of alkyl halides is 3. The number of carbonyl (C=O) groups is 1. The monoisotopic (exact) mass is 370 g/mol. The van der Waals surface area contributed by atoms with Gasteiger partial charge in [0.15, 0.2) is 6.17 Å². The van der Waals surface area contributed by atoms with E-state index in [1.54, 1.807) is 0 Å². The summed E-state index contributed by atoms with van der Waals surface area (Å²) in [7, 11) is -5.84. The van der Waals surface area contributed by atoms with Crippen molar-refractivity contribution in [3.63, 3.8) is 0 Å². The molecule has 4 fully saturated rings. The number of hydrogen-bond acceptors (Lipinski definition) is 4. The first-order chi connectivity index (χ1) is 11.0. The summed E-state index contributed by atoms with van der Waals surface area (Å²) in [6.07, 6.45) is 1.47. The Balaban J connectivity index is 1.55. The average Bonchev–Trinajstić information content (AvgIpc) is 2.44. The van der Waals surface area contributed by atoms with E-state index in [2.05, 4.69) is 0 Å². The third-order valence-corrected chi connectivity index (χ3v) is 6.73. The molecule has 1 unspecified atom stereocenters. The molecule has 5 nitrogen and oxygen atoms in total. The van der Waals surface area contributed by atoms with E-state index in [0.717, 1.165) is 38.5 Å². The smallest absolute Gasteiger partial charge is 0.400 e. The Bertz CT molecular complexity index is 583. The highest BCUT2D eigenvalue weighted by atomic mass is 32.2. The minimum Gasteiger partial charge on any atom is -0.465 e. The molecule has 0 heterocycles. The van der Waals surface area contributed by atoms with Crippen LogP contribution < -0.4 is 0 Å². The topological polar surface area (TPSA) is 80.7 Å². The van der Waals surface area contributed by atoms with Crippen LogP contribution in [0.2, 0.25) is 0 Å². The Morgan fingerprint density at radius 1 is 1.17 bits per heavy atom. The zero-order valence-electron chi connectivity index (χ0n) is 13.1. The number of halogens is 3. The first-order valence-electron chi connectivity index (χ1n) is 8.19. The van der Waals surface area contributed by atoms with Crippen LogP contribution in [0.15, 0.2) is 0 Å². The number of hydrogen-bond donors (Lipinski definition) is 1. The van der Waals surface area contributed by atoms with Crippen LogP contribution in [0.3, 0.4) is 0 Å². The van der Waals surface area contributed by atoms with Gasteiger partial charge in [-0.05, 0) is 56.3 Å². The van der Waals surface area contributed by atoms with Crippen LogP contribution in [-0.4, -0.2) is 37.0 Å². The van der Waals surface area contributed by atoms with Crippen molar-refractivity contribution in [3.8, 4) is 0 Å². The molecular formula is C15H21F3O5S. The van der Waals surface area contributed by atoms with Crippen molar-refractivity contribution in [2.75, 3.05) is 6.61 Å². The number of ether oxygens (including phenoxy) is 1. The lowest BCUT2D eigenvalue weighted by atomic mass is 9.49. The maximum Gasteiger partial charge on any atom is 0.400 e. The van der Waals surface area contributed by atoms with E-state index in [9.17, 15) is 26.4 Å². The van der Waals surface area contributed by atoms with E-state index >= 15 is 0 Å². The second kappa shape index (κ2) is 5.86. The largest absolute Gasteiger partial charge is 0.465 e. The van der Waals surface area contributed by atoms with Gasteiger partial charge in [0.1, 0.15) is 0 Å². The Kier molecular flexibility index (Phi) is 4.39. The lowest BCUT2D eigenvalue weighted by Gasteiger charge is -2.55. The molecule has 1 atom stereocenters. The van der Waals surface area contributed by atoms with Gasteiger partial charge < -0.3 is 4.74 Å².